The maximum absolute atomic E-state index is 11.5. The number of nitrogens with zero attached hydrogens (tertiary/aromatic N) is 2. The molecule has 0 aliphatic rings. The number of benzene rings is 1. The molecule has 0 saturated carbocycles. The molecule has 5 nitrogen and oxygen atoms in total. The Morgan fingerprint density at radius 2 is 2.22 bits per heavy atom. The average Bonchev–Trinajstić information content (AvgIpc) is 2.73. The van der Waals surface area contributed by atoms with Crippen LogP contribution in [0.25, 0.3) is 0 Å². The van der Waals surface area contributed by atoms with E-state index in [1.165, 1.54) is 11.8 Å². The number of aromatic nitrogens is 3. The van der Waals surface area contributed by atoms with E-state index < -0.39 is 0 Å². The lowest BCUT2D eigenvalue weighted by atomic mass is 10.2. The highest BCUT2D eigenvalue weighted by Gasteiger charge is 2.11. The zero-order chi connectivity index (χ0) is 13.0. The summed E-state index contributed by atoms with van der Waals surface area (Å²) >= 11 is 1.32. The van der Waals surface area contributed by atoms with Crippen LogP contribution >= 0.6 is 11.8 Å². The molecule has 0 unspecified atom stereocenters. The predicted octanol–water partition coefficient (Wildman–Crippen LogP) is 1.95. The lowest BCUT2D eigenvalue weighted by molar-refractivity contribution is 0.112. The maximum atomic E-state index is 11.5. The van der Waals surface area contributed by atoms with Gasteiger partial charge in [-0.1, -0.05) is 25.1 Å². The molecule has 2 aromatic rings. The highest BCUT2D eigenvalue weighted by molar-refractivity contribution is 7.99. The Labute approximate surface area is 108 Å². The minimum Gasteiger partial charge on any atom is -0.298 e. The molecule has 1 heterocycles. The van der Waals surface area contributed by atoms with E-state index in [4.69, 9.17) is 0 Å². The van der Waals surface area contributed by atoms with Crippen molar-refractivity contribution in [2.24, 2.45) is 0 Å². The third kappa shape index (κ3) is 2.53. The molecule has 0 atom stereocenters. The number of rotatable bonds is 5. The third-order valence-electron chi connectivity index (χ3n) is 2.42. The van der Waals surface area contributed by atoms with Crippen LogP contribution in [0.15, 0.2) is 39.1 Å². The van der Waals surface area contributed by atoms with E-state index in [1.54, 1.807) is 16.7 Å². The van der Waals surface area contributed by atoms with Gasteiger partial charge in [0.15, 0.2) is 11.4 Å². The van der Waals surface area contributed by atoms with E-state index in [-0.39, 0.29) is 5.69 Å². The van der Waals surface area contributed by atoms with Crippen LogP contribution in [0.2, 0.25) is 0 Å². The summed E-state index contributed by atoms with van der Waals surface area (Å²) < 4.78 is 1.58. The van der Waals surface area contributed by atoms with Crippen molar-refractivity contribution in [3.8, 4) is 0 Å². The molecule has 0 aliphatic heterocycles. The van der Waals surface area contributed by atoms with Gasteiger partial charge in [-0.3, -0.25) is 9.36 Å². The summed E-state index contributed by atoms with van der Waals surface area (Å²) in [6, 6.07) is 7.23. The summed E-state index contributed by atoms with van der Waals surface area (Å²) in [6.07, 6.45) is 1.65. The molecule has 1 aromatic heterocycles. The van der Waals surface area contributed by atoms with Crippen LogP contribution in [-0.4, -0.2) is 21.1 Å². The highest BCUT2D eigenvalue weighted by Crippen LogP contribution is 2.27. The van der Waals surface area contributed by atoms with E-state index in [1.807, 2.05) is 19.1 Å². The molecule has 1 N–H and O–H groups in total. The van der Waals surface area contributed by atoms with Crippen molar-refractivity contribution in [2.75, 3.05) is 0 Å². The van der Waals surface area contributed by atoms with Gasteiger partial charge in [-0.05, 0) is 24.2 Å². The molecule has 2 rings (SSSR count). The molecule has 0 amide bonds. The van der Waals surface area contributed by atoms with Gasteiger partial charge in [0, 0.05) is 17.0 Å². The van der Waals surface area contributed by atoms with Crippen molar-refractivity contribution >= 4 is 18.0 Å². The van der Waals surface area contributed by atoms with E-state index in [0.29, 0.717) is 17.3 Å². The zero-order valence-electron chi connectivity index (χ0n) is 9.92. The van der Waals surface area contributed by atoms with Crippen molar-refractivity contribution < 1.29 is 4.79 Å². The van der Waals surface area contributed by atoms with E-state index in [2.05, 4.69) is 10.2 Å². The Morgan fingerprint density at radius 3 is 2.94 bits per heavy atom. The van der Waals surface area contributed by atoms with Gasteiger partial charge in [0.05, 0.1) is 0 Å². The van der Waals surface area contributed by atoms with Crippen molar-refractivity contribution in [2.45, 2.75) is 29.9 Å². The smallest absolute Gasteiger partial charge is 0.298 e. The molecule has 18 heavy (non-hydrogen) atoms. The second-order valence-corrected chi connectivity index (χ2v) is 4.73. The van der Waals surface area contributed by atoms with Crippen LogP contribution in [0.3, 0.4) is 0 Å². The number of aromatic amines is 1. The number of hydrogen-bond acceptors (Lipinski definition) is 4. The van der Waals surface area contributed by atoms with Gasteiger partial charge >= 0.3 is 5.69 Å². The number of carbonyl (C=O) groups is 1. The Kier molecular flexibility index (Phi) is 3.99. The molecule has 6 heteroatoms. The number of hydrogen-bond donors (Lipinski definition) is 1. The first-order valence-corrected chi connectivity index (χ1v) is 6.45. The fourth-order valence-electron chi connectivity index (χ4n) is 1.57. The Balaban J connectivity index is 2.34. The average molecular weight is 263 g/mol. The van der Waals surface area contributed by atoms with Crippen molar-refractivity contribution in [3.63, 3.8) is 0 Å². The minimum atomic E-state index is -0.220. The third-order valence-corrected chi connectivity index (χ3v) is 3.50. The summed E-state index contributed by atoms with van der Waals surface area (Å²) in [5.41, 5.74) is 0.379. The lowest BCUT2D eigenvalue weighted by Crippen LogP contribution is -2.17. The molecule has 0 aliphatic carbocycles. The van der Waals surface area contributed by atoms with Gasteiger partial charge in [0.2, 0.25) is 0 Å². The summed E-state index contributed by atoms with van der Waals surface area (Å²) in [5.74, 6) is 0. The molecule has 1 aromatic carbocycles. The van der Waals surface area contributed by atoms with Gasteiger partial charge < -0.3 is 0 Å². The summed E-state index contributed by atoms with van der Waals surface area (Å²) in [6.45, 7) is 2.61. The molecule has 0 saturated heterocycles. The van der Waals surface area contributed by atoms with Gasteiger partial charge in [0.1, 0.15) is 0 Å². The van der Waals surface area contributed by atoms with Crippen LogP contribution in [0.5, 0.6) is 0 Å². The minimum absolute atomic E-state index is 0.220. The van der Waals surface area contributed by atoms with E-state index in [0.717, 1.165) is 17.6 Å². The number of nitrogens with one attached hydrogen (secondary N) is 1. The molecule has 0 bridgehead atoms. The highest BCUT2D eigenvalue weighted by atomic mass is 32.2. The fraction of sp³-hybridized carbons (Fsp3) is 0.250. The van der Waals surface area contributed by atoms with Gasteiger partial charge in [-0.15, -0.1) is 5.10 Å². The SMILES string of the molecule is CCCn1c(Sc2ccccc2C=O)n[nH]c1=O. The summed E-state index contributed by atoms with van der Waals surface area (Å²) in [7, 11) is 0. The standard InChI is InChI=1S/C12H13N3O2S/c1-2-7-15-11(17)13-14-12(15)18-10-6-4-3-5-9(10)8-16/h3-6,8H,2,7H2,1H3,(H,13,17). The van der Waals surface area contributed by atoms with Crippen LogP contribution < -0.4 is 5.69 Å². The predicted molar refractivity (Wildman–Crippen MR) is 69.1 cm³/mol. The zero-order valence-corrected chi connectivity index (χ0v) is 10.7. The monoisotopic (exact) mass is 263 g/mol. The second kappa shape index (κ2) is 5.68. The van der Waals surface area contributed by atoms with Crippen molar-refractivity contribution in [3.05, 3.63) is 40.3 Å². The van der Waals surface area contributed by atoms with Crippen molar-refractivity contribution in [1.82, 2.24) is 14.8 Å². The fourth-order valence-corrected chi connectivity index (χ4v) is 2.52. The normalized spacial score (nSPS) is 10.5. The summed E-state index contributed by atoms with van der Waals surface area (Å²) in [5, 5.41) is 6.99. The summed E-state index contributed by atoms with van der Waals surface area (Å²) in [4.78, 5) is 23.3. The molecule has 0 spiro atoms. The molecule has 94 valence electrons. The second-order valence-electron chi connectivity index (χ2n) is 3.72. The number of carbonyl (C=O) groups excluding carboxylic acids is 1. The first-order valence-electron chi connectivity index (χ1n) is 5.63. The van der Waals surface area contributed by atoms with Crippen LogP contribution in [0, 0.1) is 0 Å². The Morgan fingerprint density at radius 1 is 1.44 bits per heavy atom. The number of H-pyrrole nitrogens is 1. The number of aldehydes is 1. The Bertz CT molecular complexity index is 603. The molecule has 0 fully saturated rings. The van der Waals surface area contributed by atoms with Crippen LogP contribution in [0.4, 0.5) is 0 Å². The molecule has 0 radical (unpaired) electrons. The largest absolute Gasteiger partial charge is 0.343 e. The van der Waals surface area contributed by atoms with Gasteiger partial charge in [-0.25, -0.2) is 9.89 Å². The van der Waals surface area contributed by atoms with Crippen LogP contribution in [0.1, 0.15) is 23.7 Å². The quantitative estimate of drug-likeness (QED) is 0.837. The first-order chi connectivity index (χ1) is 8.76. The first kappa shape index (κ1) is 12.6. The van der Waals surface area contributed by atoms with E-state index in [9.17, 15) is 9.59 Å². The lowest BCUT2D eigenvalue weighted by Gasteiger charge is -2.05. The topological polar surface area (TPSA) is 67.8 Å². The maximum Gasteiger partial charge on any atom is 0.343 e. The van der Waals surface area contributed by atoms with Gasteiger partial charge in [0.25, 0.3) is 0 Å². The Hall–Kier alpha value is -1.82. The molecular formula is C12H13N3O2S. The van der Waals surface area contributed by atoms with Crippen molar-refractivity contribution in [1.29, 1.82) is 0 Å². The van der Waals surface area contributed by atoms with Crippen LogP contribution in [-0.2, 0) is 6.54 Å². The molecular weight excluding hydrogens is 250 g/mol. The van der Waals surface area contributed by atoms with Gasteiger partial charge in [-0.2, -0.15) is 0 Å². The van der Waals surface area contributed by atoms with E-state index >= 15 is 0 Å².